The highest BCUT2D eigenvalue weighted by Crippen LogP contribution is 2.25. The first-order valence-electron chi connectivity index (χ1n) is 5.61. The number of hydrogen-bond acceptors (Lipinski definition) is 4. The van der Waals surface area contributed by atoms with E-state index in [2.05, 4.69) is 15.3 Å². The Kier molecular flexibility index (Phi) is 3.91. The summed E-state index contributed by atoms with van der Waals surface area (Å²) in [4.78, 5) is 19.8. The highest BCUT2D eigenvalue weighted by Gasteiger charge is 2.33. The molecule has 0 aromatic carbocycles. The van der Waals surface area contributed by atoms with Gasteiger partial charge in [0.05, 0.1) is 12.0 Å². The SMILES string of the molecule is CCC1OCCC1C(=O)Nc1nccnc1Cl. The molecular formula is C11H14ClN3O2. The summed E-state index contributed by atoms with van der Waals surface area (Å²) in [6.07, 6.45) is 4.52. The Balaban J connectivity index is 2.04. The normalized spacial score (nSPS) is 23.6. The van der Waals surface area contributed by atoms with Crippen LogP contribution in [0.2, 0.25) is 5.15 Å². The van der Waals surface area contributed by atoms with Crippen LogP contribution in [0.1, 0.15) is 19.8 Å². The maximum Gasteiger partial charge on any atom is 0.231 e. The molecule has 1 saturated heterocycles. The average Bonchev–Trinajstić information content (AvgIpc) is 2.80. The molecule has 2 rings (SSSR count). The van der Waals surface area contributed by atoms with Gasteiger partial charge in [-0.25, -0.2) is 9.97 Å². The number of amides is 1. The molecule has 1 fully saturated rings. The largest absolute Gasteiger partial charge is 0.377 e. The van der Waals surface area contributed by atoms with Crippen molar-refractivity contribution in [1.82, 2.24) is 9.97 Å². The molecule has 0 saturated carbocycles. The average molecular weight is 256 g/mol. The zero-order chi connectivity index (χ0) is 12.3. The lowest BCUT2D eigenvalue weighted by atomic mass is 9.99. The van der Waals surface area contributed by atoms with Gasteiger partial charge in [0.25, 0.3) is 0 Å². The maximum absolute atomic E-state index is 12.0. The molecule has 1 aromatic heterocycles. The van der Waals surface area contributed by atoms with Crippen LogP contribution in [0.3, 0.4) is 0 Å². The summed E-state index contributed by atoms with van der Waals surface area (Å²) in [6.45, 7) is 2.64. The van der Waals surface area contributed by atoms with Crippen molar-refractivity contribution in [2.75, 3.05) is 11.9 Å². The van der Waals surface area contributed by atoms with Crippen LogP contribution in [0.4, 0.5) is 5.82 Å². The number of ether oxygens (including phenoxy) is 1. The Morgan fingerprint density at radius 1 is 1.59 bits per heavy atom. The highest BCUT2D eigenvalue weighted by molar-refractivity contribution is 6.32. The van der Waals surface area contributed by atoms with Crippen LogP contribution in [0, 0.1) is 5.92 Å². The van der Waals surface area contributed by atoms with Crippen molar-refractivity contribution in [1.29, 1.82) is 0 Å². The smallest absolute Gasteiger partial charge is 0.231 e. The molecule has 1 aliphatic heterocycles. The Hall–Kier alpha value is -1.20. The van der Waals surface area contributed by atoms with Gasteiger partial charge in [-0.1, -0.05) is 18.5 Å². The number of hydrogen-bond donors (Lipinski definition) is 1. The van der Waals surface area contributed by atoms with Gasteiger partial charge < -0.3 is 10.1 Å². The van der Waals surface area contributed by atoms with E-state index in [1.54, 1.807) is 0 Å². The second kappa shape index (κ2) is 5.42. The molecule has 6 heteroatoms. The summed E-state index contributed by atoms with van der Waals surface area (Å²) in [7, 11) is 0. The Morgan fingerprint density at radius 3 is 3.06 bits per heavy atom. The first kappa shape index (κ1) is 12.3. The molecule has 0 radical (unpaired) electrons. The minimum absolute atomic E-state index is 0.00885. The van der Waals surface area contributed by atoms with Gasteiger partial charge in [0.15, 0.2) is 11.0 Å². The van der Waals surface area contributed by atoms with Gasteiger partial charge in [0, 0.05) is 19.0 Å². The molecule has 1 amide bonds. The van der Waals surface area contributed by atoms with Gasteiger partial charge in [-0.15, -0.1) is 0 Å². The third-order valence-corrected chi connectivity index (χ3v) is 3.12. The van der Waals surface area contributed by atoms with Crippen LogP contribution in [0.25, 0.3) is 0 Å². The van der Waals surface area contributed by atoms with Crippen LogP contribution in [0.5, 0.6) is 0 Å². The molecule has 5 nitrogen and oxygen atoms in total. The second-order valence-corrected chi connectivity index (χ2v) is 4.26. The van der Waals surface area contributed by atoms with Crippen LogP contribution in [-0.2, 0) is 9.53 Å². The molecular weight excluding hydrogens is 242 g/mol. The molecule has 1 aromatic rings. The molecule has 17 heavy (non-hydrogen) atoms. The molecule has 0 bridgehead atoms. The first-order valence-corrected chi connectivity index (χ1v) is 5.99. The lowest BCUT2D eigenvalue weighted by molar-refractivity contribution is -0.121. The maximum atomic E-state index is 12.0. The van der Waals surface area contributed by atoms with Gasteiger partial charge in [0.2, 0.25) is 5.91 Å². The van der Waals surface area contributed by atoms with Crippen molar-refractivity contribution in [2.45, 2.75) is 25.9 Å². The zero-order valence-corrected chi connectivity index (χ0v) is 10.3. The minimum Gasteiger partial charge on any atom is -0.377 e. The van der Waals surface area contributed by atoms with E-state index in [9.17, 15) is 4.79 Å². The Morgan fingerprint density at radius 2 is 2.35 bits per heavy atom. The van der Waals surface area contributed by atoms with Crippen LogP contribution in [-0.4, -0.2) is 28.6 Å². The molecule has 2 atom stereocenters. The van der Waals surface area contributed by atoms with Crippen LogP contribution < -0.4 is 5.32 Å². The lowest BCUT2D eigenvalue weighted by Crippen LogP contribution is -2.29. The quantitative estimate of drug-likeness (QED) is 0.896. The topological polar surface area (TPSA) is 64.1 Å². The zero-order valence-electron chi connectivity index (χ0n) is 9.52. The van der Waals surface area contributed by atoms with Gasteiger partial charge in [-0.2, -0.15) is 0 Å². The fourth-order valence-electron chi connectivity index (χ4n) is 1.97. The van der Waals surface area contributed by atoms with E-state index in [0.717, 1.165) is 12.8 Å². The number of nitrogens with zero attached hydrogens (tertiary/aromatic N) is 2. The third kappa shape index (κ3) is 2.73. The number of nitrogens with one attached hydrogen (secondary N) is 1. The van der Waals surface area contributed by atoms with Gasteiger partial charge >= 0.3 is 0 Å². The molecule has 2 heterocycles. The predicted octanol–water partition coefficient (Wildman–Crippen LogP) is 1.88. The summed E-state index contributed by atoms with van der Waals surface area (Å²) in [5.41, 5.74) is 0. The van der Waals surface area contributed by atoms with E-state index in [-0.39, 0.29) is 23.1 Å². The molecule has 0 aliphatic carbocycles. The van der Waals surface area contributed by atoms with E-state index in [1.807, 2.05) is 6.92 Å². The van der Waals surface area contributed by atoms with Gasteiger partial charge in [0.1, 0.15) is 0 Å². The first-order chi connectivity index (χ1) is 8.22. The van der Waals surface area contributed by atoms with Crippen molar-refractivity contribution in [3.8, 4) is 0 Å². The number of carbonyl (C=O) groups is 1. The summed E-state index contributed by atoms with van der Waals surface area (Å²) in [5.74, 6) is 0.0794. The molecule has 1 aliphatic rings. The van der Waals surface area contributed by atoms with Gasteiger partial charge in [-0.05, 0) is 12.8 Å². The monoisotopic (exact) mass is 255 g/mol. The van der Waals surface area contributed by atoms with Crippen molar-refractivity contribution in [2.24, 2.45) is 5.92 Å². The number of halogens is 1. The van der Waals surface area contributed by atoms with Crippen molar-refractivity contribution in [3.63, 3.8) is 0 Å². The van der Waals surface area contributed by atoms with Crippen LogP contribution in [0.15, 0.2) is 12.4 Å². The highest BCUT2D eigenvalue weighted by atomic mass is 35.5. The van der Waals surface area contributed by atoms with E-state index in [0.29, 0.717) is 12.4 Å². The Labute approximate surface area is 105 Å². The van der Waals surface area contributed by atoms with Crippen molar-refractivity contribution in [3.05, 3.63) is 17.5 Å². The van der Waals surface area contributed by atoms with Crippen LogP contribution >= 0.6 is 11.6 Å². The summed E-state index contributed by atoms with van der Waals surface area (Å²) in [5, 5.41) is 2.89. The van der Waals surface area contributed by atoms with E-state index in [1.165, 1.54) is 12.4 Å². The summed E-state index contributed by atoms with van der Waals surface area (Å²) < 4.78 is 5.47. The standard InChI is InChI=1S/C11H14ClN3O2/c1-2-8-7(3-6-17-8)11(16)15-10-9(12)13-4-5-14-10/h4-5,7-8H,2-3,6H2,1H3,(H,14,15,16). The fraction of sp³-hybridized carbons (Fsp3) is 0.545. The lowest BCUT2D eigenvalue weighted by Gasteiger charge is -2.16. The predicted molar refractivity (Wildman–Crippen MR) is 63.8 cm³/mol. The fourth-order valence-corrected chi connectivity index (χ4v) is 2.12. The van der Waals surface area contributed by atoms with Gasteiger partial charge in [-0.3, -0.25) is 4.79 Å². The number of aromatic nitrogens is 2. The Bertz CT molecular complexity index is 413. The molecule has 1 N–H and O–H groups in total. The van der Waals surface area contributed by atoms with Crippen molar-refractivity contribution < 1.29 is 9.53 Å². The number of rotatable bonds is 3. The van der Waals surface area contributed by atoms with E-state index >= 15 is 0 Å². The molecule has 0 spiro atoms. The van der Waals surface area contributed by atoms with Crippen molar-refractivity contribution >= 4 is 23.3 Å². The molecule has 92 valence electrons. The number of anilines is 1. The molecule has 2 unspecified atom stereocenters. The summed E-state index contributed by atoms with van der Waals surface area (Å²) >= 11 is 5.83. The second-order valence-electron chi connectivity index (χ2n) is 3.90. The minimum atomic E-state index is -0.127. The number of carbonyl (C=O) groups excluding carboxylic acids is 1. The summed E-state index contributed by atoms with van der Waals surface area (Å²) in [6, 6.07) is 0. The van der Waals surface area contributed by atoms with E-state index < -0.39 is 0 Å². The van der Waals surface area contributed by atoms with E-state index in [4.69, 9.17) is 16.3 Å². The third-order valence-electron chi connectivity index (χ3n) is 2.84.